The Morgan fingerprint density at radius 1 is 1.09 bits per heavy atom. The zero-order chi connectivity index (χ0) is 23.8. The van der Waals surface area contributed by atoms with Crippen LogP contribution in [0.2, 0.25) is 0 Å². The molecule has 2 aromatic heterocycles. The lowest BCUT2D eigenvalue weighted by atomic mass is 9.79. The van der Waals surface area contributed by atoms with Gasteiger partial charge in [-0.25, -0.2) is 4.39 Å². The SMILES string of the molecule is Cn1cc(-c2ccc(-c3ccc(N(CCF)C4CC(C)(C)NC(C)(C)C4)nn3)c(O)c2)cn1. The highest BCUT2D eigenvalue weighted by Crippen LogP contribution is 2.35. The van der Waals surface area contributed by atoms with Gasteiger partial charge in [0.25, 0.3) is 0 Å². The third-order valence-corrected chi connectivity index (χ3v) is 6.19. The van der Waals surface area contributed by atoms with Gasteiger partial charge in [0, 0.05) is 48.0 Å². The monoisotopic (exact) mass is 452 g/mol. The van der Waals surface area contributed by atoms with Crippen molar-refractivity contribution in [3.63, 3.8) is 0 Å². The second-order valence-electron chi connectivity index (χ2n) is 10.2. The summed E-state index contributed by atoms with van der Waals surface area (Å²) in [6.45, 7) is 8.55. The van der Waals surface area contributed by atoms with Crippen LogP contribution in [0.4, 0.5) is 10.2 Å². The van der Waals surface area contributed by atoms with Crippen molar-refractivity contribution in [2.24, 2.45) is 7.05 Å². The lowest BCUT2D eigenvalue weighted by Gasteiger charge is -2.49. The van der Waals surface area contributed by atoms with Gasteiger partial charge in [0.2, 0.25) is 0 Å². The van der Waals surface area contributed by atoms with Crippen LogP contribution in [0.15, 0.2) is 42.7 Å². The predicted octanol–water partition coefficient (Wildman–Crippen LogP) is 4.33. The molecule has 0 bridgehead atoms. The fourth-order valence-electron chi connectivity index (χ4n) is 5.18. The van der Waals surface area contributed by atoms with Gasteiger partial charge in [-0.15, -0.1) is 10.2 Å². The van der Waals surface area contributed by atoms with Crippen molar-refractivity contribution in [1.29, 1.82) is 0 Å². The molecule has 33 heavy (non-hydrogen) atoms. The molecule has 0 amide bonds. The Kier molecular flexibility index (Phi) is 6.14. The molecule has 0 aliphatic carbocycles. The molecule has 1 saturated heterocycles. The molecular formula is C25H33FN6O. The Balaban J connectivity index is 1.59. The van der Waals surface area contributed by atoms with E-state index in [9.17, 15) is 9.50 Å². The smallest absolute Gasteiger partial charge is 0.151 e. The summed E-state index contributed by atoms with van der Waals surface area (Å²) in [4.78, 5) is 2.03. The van der Waals surface area contributed by atoms with E-state index in [-0.39, 0.29) is 29.4 Å². The van der Waals surface area contributed by atoms with Crippen LogP contribution in [0.1, 0.15) is 40.5 Å². The van der Waals surface area contributed by atoms with Crippen LogP contribution in [0.5, 0.6) is 5.75 Å². The van der Waals surface area contributed by atoms with Gasteiger partial charge in [-0.1, -0.05) is 6.07 Å². The quantitative estimate of drug-likeness (QED) is 0.579. The van der Waals surface area contributed by atoms with Gasteiger partial charge in [0.05, 0.1) is 11.9 Å². The summed E-state index contributed by atoms with van der Waals surface area (Å²) in [6.07, 6.45) is 5.42. The van der Waals surface area contributed by atoms with Crippen molar-refractivity contribution < 1.29 is 9.50 Å². The number of nitrogens with zero attached hydrogens (tertiary/aromatic N) is 5. The molecule has 0 saturated carbocycles. The molecule has 3 heterocycles. The fraction of sp³-hybridized carbons (Fsp3) is 0.480. The van der Waals surface area contributed by atoms with E-state index in [4.69, 9.17) is 0 Å². The highest BCUT2D eigenvalue weighted by molar-refractivity contribution is 5.74. The number of aromatic nitrogens is 4. The zero-order valence-electron chi connectivity index (χ0n) is 20.0. The van der Waals surface area contributed by atoms with E-state index in [2.05, 4.69) is 48.3 Å². The molecular weight excluding hydrogens is 419 g/mol. The number of phenolic OH excluding ortho intramolecular Hbond substituents is 1. The van der Waals surface area contributed by atoms with E-state index >= 15 is 0 Å². The number of halogens is 1. The predicted molar refractivity (Wildman–Crippen MR) is 129 cm³/mol. The summed E-state index contributed by atoms with van der Waals surface area (Å²) in [5.41, 5.74) is 2.85. The van der Waals surface area contributed by atoms with Gasteiger partial charge in [0.15, 0.2) is 5.82 Å². The summed E-state index contributed by atoms with van der Waals surface area (Å²) in [5.74, 6) is 0.780. The third kappa shape index (κ3) is 5.16. The maximum Gasteiger partial charge on any atom is 0.151 e. The van der Waals surface area contributed by atoms with Crippen LogP contribution in [-0.4, -0.2) is 55.4 Å². The van der Waals surface area contributed by atoms with Crippen molar-refractivity contribution in [1.82, 2.24) is 25.3 Å². The summed E-state index contributed by atoms with van der Waals surface area (Å²) < 4.78 is 15.2. The lowest BCUT2D eigenvalue weighted by molar-refractivity contribution is 0.157. The van der Waals surface area contributed by atoms with Crippen LogP contribution in [0.3, 0.4) is 0 Å². The average molecular weight is 453 g/mol. The Morgan fingerprint density at radius 3 is 2.36 bits per heavy atom. The first kappa shape index (κ1) is 23.2. The first-order chi connectivity index (χ1) is 15.6. The van der Waals surface area contributed by atoms with Crippen molar-refractivity contribution in [3.8, 4) is 28.1 Å². The Hall–Kier alpha value is -3.00. The van der Waals surface area contributed by atoms with Crippen LogP contribution in [0, 0.1) is 0 Å². The molecule has 4 rings (SSSR count). The summed E-state index contributed by atoms with van der Waals surface area (Å²) in [5, 5.41) is 27.3. The van der Waals surface area contributed by atoms with E-state index in [1.165, 1.54) is 0 Å². The number of aromatic hydroxyl groups is 1. The molecule has 1 aliphatic heterocycles. The van der Waals surface area contributed by atoms with Crippen LogP contribution < -0.4 is 10.2 Å². The largest absolute Gasteiger partial charge is 0.507 e. The number of hydrogen-bond donors (Lipinski definition) is 2. The number of anilines is 1. The van der Waals surface area contributed by atoms with Gasteiger partial charge in [-0.3, -0.25) is 4.68 Å². The van der Waals surface area contributed by atoms with Gasteiger partial charge < -0.3 is 15.3 Å². The summed E-state index contributed by atoms with van der Waals surface area (Å²) >= 11 is 0. The van der Waals surface area contributed by atoms with E-state index in [0.29, 0.717) is 17.1 Å². The first-order valence-electron chi connectivity index (χ1n) is 11.3. The summed E-state index contributed by atoms with van der Waals surface area (Å²) in [7, 11) is 1.85. The number of rotatable bonds is 6. The van der Waals surface area contributed by atoms with E-state index in [0.717, 1.165) is 24.0 Å². The Labute approximate surface area is 194 Å². The van der Waals surface area contributed by atoms with Crippen LogP contribution >= 0.6 is 0 Å². The fourth-order valence-corrected chi connectivity index (χ4v) is 5.18. The van der Waals surface area contributed by atoms with E-state index in [1.54, 1.807) is 16.9 Å². The molecule has 0 unspecified atom stereocenters. The number of benzene rings is 1. The lowest BCUT2D eigenvalue weighted by Crippen LogP contribution is -2.62. The number of nitrogens with one attached hydrogen (secondary N) is 1. The number of hydrogen-bond acceptors (Lipinski definition) is 6. The molecule has 2 N–H and O–H groups in total. The minimum absolute atomic E-state index is 0.0594. The number of piperidine rings is 1. The molecule has 0 atom stereocenters. The van der Waals surface area contributed by atoms with Gasteiger partial charge in [-0.05, 0) is 70.4 Å². The molecule has 0 radical (unpaired) electrons. The third-order valence-electron chi connectivity index (χ3n) is 6.19. The summed E-state index contributed by atoms with van der Waals surface area (Å²) in [6, 6.07) is 9.32. The number of aryl methyl sites for hydroxylation is 1. The second-order valence-corrected chi connectivity index (χ2v) is 10.2. The van der Waals surface area contributed by atoms with Gasteiger partial charge >= 0.3 is 0 Å². The molecule has 1 fully saturated rings. The van der Waals surface area contributed by atoms with Crippen molar-refractivity contribution >= 4 is 5.82 Å². The minimum atomic E-state index is -0.454. The van der Waals surface area contributed by atoms with Crippen molar-refractivity contribution in [2.75, 3.05) is 18.1 Å². The number of phenols is 1. The minimum Gasteiger partial charge on any atom is -0.507 e. The second kappa shape index (κ2) is 8.74. The van der Waals surface area contributed by atoms with Gasteiger partial charge in [-0.2, -0.15) is 5.10 Å². The average Bonchev–Trinajstić information content (AvgIpc) is 3.16. The van der Waals surface area contributed by atoms with Crippen molar-refractivity contribution in [2.45, 2.75) is 57.7 Å². The molecule has 176 valence electrons. The molecule has 1 aliphatic rings. The Bertz CT molecular complexity index is 1090. The van der Waals surface area contributed by atoms with Crippen molar-refractivity contribution in [3.05, 3.63) is 42.7 Å². The number of alkyl halides is 1. The zero-order valence-corrected chi connectivity index (χ0v) is 20.0. The maximum absolute atomic E-state index is 13.5. The van der Waals surface area contributed by atoms with E-state index in [1.807, 2.05) is 42.4 Å². The standard InChI is InChI=1S/C25H33FN6O/c1-24(2)13-19(14-25(3,4)30-24)32(11-10-26)23-9-8-21(28-29-23)20-7-6-17(12-22(20)33)18-15-27-31(5)16-18/h6-9,12,15-16,19,30,33H,10-11,13-14H2,1-5H3. The molecule has 1 aromatic carbocycles. The molecule has 3 aromatic rings. The maximum atomic E-state index is 13.5. The molecule has 8 heteroatoms. The highest BCUT2D eigenvalue weighted by Gasteiger charge is 2.40. The van der Waals surface area contributed by atoms with E-state index < -0.39 is 6.67 Å². The molecule has 0 spiro atoms. The van der Waals surface area contributed by atoms with Crippen LogP contribution in [-0.2, 0) is 7.05 Å². The highest BCUT2D eigenvalue weighted by atomic mass is 19.1. The van der Waals surface area contributed by atoms with Crippen LogP contribution in [0.25, 0.3) is 22.4 Å². The normalized spacial score (nSPS) is 17.8. The topological polar surface area (TPSA) is 79.1 Å². The first-order valence-corrected chi connectivity index (χ1v) is 11.3. The Morgan fingerprint density at radius 2 is 1.82 bits per heavy atom. The van der Waals surface area contributed by atoms with Gasteiger partial charge in [0.1, 0.15) is 12.4 Å². The molecule has 7 nitrogen and oxygen atoms in total.